The average molecular weight is 328 g/mol. The molecule has 0 radical (unpaired) electrons. The van der Waals surface area contributed by atoms with E-state index in [2.05, 4.69) is 30.5 Å². The summed E-state index contributed by atoms with van der Waals surface area (Å²) >= 11 is 0. The van der Waals surface area contributed by atoms with Gasteiger partial charge in [-0.15, -0.1) is 15.3 Å². The van der Waals surface area contributed by atoms with Gasteiger partial charge in [0.25, 0.3) is 0 Å². The van der Waals surface area contributed by atoms with Crippen LogP contribution in [0.15, 0.2) is 60.9 Å². The van der Waals surface area contributed by atoms with Crippen LogP contribution in [0.3, 0.4) is 0 Å². The highest BCUT2D eigenvalue weighted by Gasteiger charge is 2.11. The van der Waals surface area contributed by atoms with Gasteiger partial charge in [-0.05, 0) is 17.3 Å². The van der Waals surface area contributed by atoms with E-state index in [0.717, 1.165) is 22.1 Å². The fraction of sp³-hybridized carbons (Fsp3) is 0.0588. The summed E-state index contributed by atoms with van der Waals surface area (Å²) in [4.78, 5) is 10.5. The zero-order valence-corrected chi connectivity index (χ0v) is 13.1. The highest BCUT2D eigenvalue weighted by Crippen LogP contribution is 2.16. The van der Waals surface area contributed by atoms with Gasteiger partial charge in [-0.25, -0.2) is 14.5 Å². The maximum atomic E-state index is 4.60. The lowest BCUT2D eigenvalue weighted by atomic mass is 10.2. The maximum absolute atomic E-state index is 4.60. The summed E-state index contributed by atoms with van der Waals surface area (Å²) in [6, 6.07) is 17.6. The second-order valence-corrected chi connectivity index (χ2v) is 5.57. The number of aromatic nitrogens is 8. The third-order valence-electron chi connectivity index (χ3n) is 3.89. The summed E-state index contributed by atoms with van der Waals surface area (Å²) in [6.07, 6.45) is 1.67. The van der Waals surface area contributed by atoms with Gasteiger partial charge >= 0.3 is 0 Å². The molecule has 0 bridgehead atoms. The van der Waals surface area contributed by atoms with E-state index in [1.807, 2.05) is 54.6 Å². The zero-order chi connectivity index (χ0) is 16.6. The summed E-state index contributed by atoms with van der Waals surface area (Å²) in [5.41, 5.74) is 2.58. The smallest absolute Gasteiger partial charge is 0.204 e. The normalized spacial score (nSPS) is 11.4. The molecule has 0 spiro atoms. The molecular formula is C17H12N8. The van der Waals surface area contributed by atoms with Crippen molar-refractivity contribution < 1.29 is 0 Å². The van der Waals surface area contributed by atoms with Crippen molar-refractivity contribution in [1.82, 2.24) is 39.8 Å². The first-order chi connectivity index (χ1) is 12.4. The average Bonchev–Trinajstić information content (AvgIpc) is 3.29. The molecule has 2 aromatic carbocycles. The van der Waals surface area contributed by atoms with Crippen LogP contribution in [-0.4, -0.2) is 39.8 Å². The number of fused-ring (bicyclic) bond motifs is 3. The molecule has 8 nitrogen and oxygen atoms in total. The van der Waals surface area contributed by atoms with Gasteiger partial charge < -0.3 is 0 Å². The molecule has 8 heteroatoms. The van der Waals surface area contributed by atoms with Crippen molar-refractivity contribution in [1.29, 1.82) is 0 Å². The molecule has 0 saturated carbocycles. The number of para-hydroxylation sites is 1. The van der Waals surface area contributed by atoms with Crippen LogP contribution in [0.4, 0.5) is 0 Å². The molecule has 0 N–H and O–H groups in total. The van der Waals surface area contributed by atoms with Crippen LogP contribution in [0.2, 0.25) is 0 Å². The number of nitrogens with zero attached hydrogens (tertiary/aromatic N) is 8. The molecule has 0 aliphatic heterocycles. The SMILES string of the molecule is c1ccc(-c2nnn(Cc3nc4c5ccccc5ncn4n3)n2)cc1. The van der Waals surface area contributed by atoms with Crippen LogP contribution in [0.5, 0.6) is 0 Å². The Labute approximate surface area is 141 Å². The van der Waals surface area contributed by atoms with E-state index >= 15 is 0 Å². The molecule has 3 aromatic heterocycles. The second-order valence-electron chi connectivity index (χ2n) is 5.57. The van der Waals surface area contributed by atoms with Crippen molar-refractivity contribution in [2.75, 3.05) is 0 Å². The fourth-order valence-electron chi connectivity index (χ4n) is 2.73. The Morgan fingerprint density at radius 1 is 0.880 bits per heavy atom. The Morgan fingerprint density at radius 3 is 2.64 bits per heavy atom. The molecule has 0 unspecified atom stereocenters. The van der Waals surface area contributed by atoms with Gasteiger partial charge in [0.1, 0.15) is 12.9 Å². The van der Waals surface area contributed by atoms with Gasteiger partial charge in [0, 0.05) is 10.9 Å². The fourth-order valence-corrected chi connectivity index (χ4v) is 2.73. The van der Waals surface area contributed by atoms with Crippen LogP contribution < -0.4 is 0 Å². The minimum Gasteiger partial charge on any atom is -0.236 e. The van der Waals surface area contributed by atoms with Crippen LogP contribution in [-0.2, 0) is 6.54 Å². The van der Waals surface area contributed by atoms with Gasteiger partial charge in [0.05, 0.1) is 5.52 Å². The molecule has 5 rings (SSSR count). The highest BCUT2D eigenvalue weighted by molar-refractivity contribution is 5.90. The topological polar surface area (TPSA) is 86.7 Å². The lowest BCUT2D eigenvalue weighted by molar-refractivity contribution is 0.554. The van der Waals surface area contributed by atoms with Gasteiger partial charge in [0.2, 0.25) is 5.82 Å². The van der Waals surface area contributed by atoms with Crippen molar-refractivity contribution in [3.05, 3.63) is 66.7 Å². The molecule has 0 aliphatic carbocycles. The summed E-state index contributed by atoms with van der Waals surface area (Å²) in [7, 11) is 0. The Balaban J connectivity index is 1.50. The third kappa shape index (κ3) is 2.40. The standard InChI is InChI=1S/C17H12N8/c1-2-6-12(7-3-1)16-20-23-25(22-16)10-15-19-17-13-8-4-5-9-14(13)18-11-24(17)21-15/h1-9,11H,10H2. The van der Waals surface area contributed by atoms with Crippen molar-refractivity contribution in [2.45, 2.75) is 6.54 Å². The number of hydrogen-bond acceptors (Lipinski definition) is 6. The van der Waals surface area contributed by atoms with Crippen molar-refractivity contribution in [2.24, 2.45) is 0 Å². The van der Waals surface area contributed by atoms with E-state index in [-0.39, 0.29) is 0 Å². The van der Waals surface area contributed by atoms with Gasteiger partial charge in [-0.2, -0.15) is 4.80 Å². The number of benzene rings is 2. The minimum atomic E-state index is 0.343. The number of tetrazole rings is 1. The summed E-state index contributed by atoms with van der Waals surface area (Å²) in [6.45, 7) is 0.343. The molecule has 25 heavy (non-hydrogen) atoms. The van der Waals surface area contributed by atoms with Crippen molar-refractivity contribution >= 4 is 16.6 Å². The van der Waals surface area contributed by atoms with Crippen LogP contribution in [0.1, 0.15) is 5.82 Å². The van der Waals surface area contributed by atoms with E-state index in [9.17, 15) is 0 Å². The van der Waals surface area contributed by atoms with E-state index in [0.29, 0.717) is 18.2 Å². The predicted molar refractivity (Wildman–Crippen MR) is 90.6 cm³/mol. The number of rotatable bonds is 3. The van der Waals surface area contributed by atoms with E-state index in [4.69, 9.17) is 0 Å². The van der Waals surface area contributed by atoms with Gasteiger partial charge in [-0.3, -0.25) is 0 Å². The lowest BCUT2D eigenvalue weighted by Crippen LogP contribution is -2.05. The monoisotopic (exact) mass is 328 g/mol. The Hall–Kier alpha value is -3.68. The van der Waals surface area contributed by atoms with Crippen LogP contribution >= 0.6 is 0 Å². The second kappa shape index (κ2) is 5.45. The van der Waals surface area contributed by atoms with Crippen LogP contribution in [0, 0.1) is 0 Å². The first-order valence-corrected chi connectivity index (χ1v) is 7.79. The Bertz CT molecular complexity index is 1180. The van der Waals surface area contributed by atoms with E-state index < -0.39 is 0 Å². The Morgan fingerprint density at radius 2 is 1.72 bits per heavy atom. The predicted octanol–water partition coefficient (Wildman–Crippen LogP) is 1.98. The van der Waals surface area contributed by atoms with E-state index in [1.54, 1.807) is 10.8 Å². The zero-order valence-electron chi connectivity index (χ0n) is 13.1. The molecule has 3 heterocycles. The molecule has 0 aliphatic rings. The molecule has 0 amide bonds. The lowest BCUT2D eigenvalue weighted by Gasteiger charge is -1.96. The summed E-state index contributed by atoms with van der Waals surface area (Å²) in [5, 5.41) is 18.0. The first-order valence-electron chi connectivity index (χ1n) is 7.79. The highest BCUT2D eigenvalue weighted by atomic mass is 15.6. The molecule has 0 fully saturated rings. The molecule has 120 valence electrons. The maximum Gasteiger partial charge on any atom is 0.204 e. The van der Waals surface area contributed by atoms with Gasteiger partial charge in [-0.1, -0.05) is 42.5 Å². The molecule has 5 aromatic rings. The molecule has 0 atom stereocenters. The van der Waals surface area contributed by atoms with Crippen LogP contribution in [0.25, 0.3) is 27.9 Å². The largest absolute Gasteiger partial charge is 0.236 e. The Kier molecular flexibility index (Phi) is 2.99. The summed E-state index contributed by atoms with van der Waals surface area (Å²) in [5.74, 6) is 1.19. The molecule has 0 saturated heterocycles. The quantitative estimate of drug-likeness (QED) is 0.503. The van der Waals surface area contributed by atoms with Crippen molar-refractivity contribution in [3.8, 4) is 11.4 Å². The first kappa shape index (κ1) is 13.7. The van der Waals surface area contributed by atoms with Gasteiger partial charge in [0.15, 0.2) is 11.5 Å². The number of hydrogen-bond donors (Lipinski definition) is 0. The molecular weight excluding hydrogens is 316 g/mol. The minimum absolute atomic E-state index is 0.343. The van der Waals surface area contributed by atoms with E-state index in [1.165, 1.54) is 4.80 Å². The summed E-state index contributed by atoms with van der Waals surface area (Å²) < 4.78 is 1.67. The van der Waals surface area contributed by atoms with Crippen molar-refractivity contribution in [3.63, 3.8) is 0 Å². The third-order valence-corrected chi connectivity index (χ3v) is 3.89.